The normalized spacial score (nSPS) is 15.2. The number of hydrogen-bond donors (Lipinski definition) is 2. The van der Waals surface area contributed by atoms with Crippen molar-refractivity contribution < 1.29 is 4.79 Å². The van der Waals surface area contributed by atoms with E-state index in [-0.39, 0.29) is 12.3 Å². The molecule has 0 aliphatic carbocycles. The van der Waals surface area contributed by atoms with Gasteiger partial charge < -0.3 is 10.7 Å². The molecule has 1 amide bonds. The molecule has 2 rings (SSSR count). The van der Waals surface area contributed by atoms with Crippen molar-refractivity contribution in [2.45, 2.75) is 6.42 Å². The van der Waals surface area contributed by atoms with Crippen molar-refractivity contribution in [1.29, 1.82) is 5.41 Å². The van der Waals surface area contributed by atoms with E-state index in [2.05, 4.69) is 5.32 Å². The lowest BCUT2D eigenvalue weighted by Crippen LogP contribution is -2.23. The first-order valence-corrected chi connectivity index (χ1v) is 4.22. The Morgan fingerprint density at radius 1 is 1.46 bits per heavy atom. The van der Waals surface area contributed by atoms with Gasteiger partial charge in [0.15, 0.2) is 0 Å². The van der Waals surface area contributed by atoms with Gasteiger partial charge >= 0.3 is 0 Å². The van der Waals surface area contributed by atoms with Gasteiger partial charge in [-0.15, -0.1) is 0 Å². The van der Waals surface area contributed by atoms with E-state index in [4.69, 9.17) is 17.0 Å². The number of fused-ring (bicyclic) bond motifs is 1. The maximum Gasteiger partial charge on any atom is 0.230 e. The number of rotatable bonds is 0. The van der Waals surface area contributed by atoms with E-state index in [0.717, 1.165) is 0 Å². The molecule has 0 atom stereocenters. The van der Waals surface area contributed by atoms with E-state index in [9.17, 15) is 4.79 Å². The molecule has 1 aromatic rings. The van der Waals surface area contributed by atoms with E-state index in [1.54, 1.807) is 18.2 Å². The van der Waals surface area contributed by atoms with Crippen molar-refractivity contribution in [2.75, 3.05) is 5.32 Å². The first-order chi connectivity index (χ1) is 6.16. The maximum absolute atomic E-state index is 11.0. The predicted octanol–water partition coefficient (Wildman–Crippen LogP) is 2.05. The van der Waals surface area contributed by atoms with E-state index in [1.165, 1.54) is 0 Å². The van der Waals surface area contributed by atoms with Gasteiger partial charge in [-0.25, -0.2) is 0 Å². The van der Waals surface area contributed by atoms with Crippen molar-refractivity contribution in [1.82, 2.24) is 0 Å². The summed E-state index contributed by atoms with van der Waals surface area (Å²) in [6.07, 6.45) is 0.132. The minimum absolute atomic E-state index is 0.132. The van der Waals surface area contributed by atoms with Crippen molar-refractivity contribution in [2.24, 2.45) is 0 Å². The highest BCUT2D eigenvalue weighted by Crippen LogP contribution is 2.25. The van der Waals surface area contributed by atoms with Crippen LogP contribution in [0.5, 0.6) is 0 Å². The summed E-state index contributed by atoms with van der Waals surface area (Å²) in [5, 5.41) is 10.8. The molecule has 13 heavy (non-hydrogen) atoms. The molecule has 0 bridgehead atoms. The number of carbonyl (C=O) groups excluding carboxylic acids is 1. The smallest absolute Gasteiger partial charge is 0.230 e. The molecule has 3 nitrogen and oxygen atoms in total. The Bertz CT molecular complexity index is 401. The van der Waals surface area contributed by atoms with Gasteiger partial charge in [-0.3, -0.25) is 4.79 Å². The highest BCUT2D eigenvalue weighted by atomic mass is 35.5. The lowest BCUT2D eigenvalue weighted by Gasteiger charge is -2.17. The molecule has 0 spiro atoms. The van der Waals surface area contributed by atoms with Gasteiger partial charge in [0.25, 0.3) is 0 Å². The monoisotopic (exact) mass is 194 g/mol. The molecule has 1 aliphatic rings. The van der Waals surface area contributed by atoms with E-state index < -0.39 is 0 Å². The first-order valence-electron chi connectivity index (χ1n) is 3.84. The minimum atomic E-state index is -0.139. The average molecular weight is 195 g/mol. The Hall–Kier alpha value is -1.35. The van der Waals surface area contributed by atoms with Crippen LogP contribution in [0.4, 0.5) is 5.69 Å². The van der Waals surface area contributed by atoms with Gasteiger partial charge in [0.1, 0.15) is 0 Å². The van der Waals surface area contributed by atoms with Crippen LogP contribution in [0.3, 0.4) is 0 Å². The Kier molecular flexibility index (Phi) is 1.81. The fourth-order valence-electron chi connectivity index (χ4n) is 1.33. The van der Waals surface area contributed by atoms with Crippen LogP contribution in [-0.4, -0.2) is 11.6 Å². The zero-order valence-electron chi connectivity index (χ0n) is 6.73. The third kappa shape index (κ3) is 1.42. The molecule has 0 saturated heterocycles. The van der Waals surface area contributed by atoms with E-state index in [1.807, 2.05) is 0 Å². The molecule has 0 fully saturated rings. The maximum atomic E-state index is 11.0. The number of anilines is 1. The summed E-state index contributed by atoms with van der Waals surface area (Å²) < 4.78 is 0. The van der Waals surface area contributed by atoms with Crippen LogP contribution < -0.4 is 5.32 Å². The van der Waals surface area contributed by atoms with Crippen LogP contribution in [0.15, 0.2) is 18.2 Å². The Labute approximate surface area is 80.2 Å². The van der Waals surface area contributed by atoms with Crippen molar-refractivity contribution >= 4 is 28.9 Å². The first kappa shape index (κ1) is 8.26. The van der Waals surface area contributed by atoms with Crippen LogP contribution >= 0.6 is 11.6 Å². The zero-order valence-corrected chi connectivity index (χ0v) is 7.48. The van der Waals surface area contributed by atoms with Gasteiger partial charge in [-0.2, -0.15) is 0 Å². The van der Waals surface area contributed by atoms with Crippen molar-refractivity contribution in [3.63, 3.8) is 0 Å². The van der Waals surface area contributed by atoms with Crippen LogP contribution in [-0.2, 0) is 4.79 Å². The number of carbonyl (C=O) groups is 1. The third-order valence-corrected chi connectivity index (χ3v) is 2.15. The van der Waals surface area contributed by atoms with Gasteiger partial charge in [-0.1, -0.05) is 11.6 Å². The summed E-state index contributed by atoms with van der Waals surface area (Å²) >= 11 is 5.77. The molecule has 0 unspecified atom stereocenters. The molecule has 2 N–H and O–H groups in total. The van der Waals surface area contributed by atoms with Gasteiger partial charge in [-0.05, 0) is 18.2 Å². The van der Waals surface area contributed by atoms with E-state index in [0.29, 0.717) is 22.0 Å². The molecular weight excluding hydrogens is 188 g/mol. The fraction of sp³-hybridized carbons (Fsp3) is 0.111. The highest BCUT2D eigenvalue weighted by Gasteiger charge is 2.19. The third-order valence-electron chi connectivity index (χ3n) is 1.92. The lowest BCUT2D eigenvalue weighted by molar-refractivity contribution is -0.115. The molecule has 1 aromatic carbocycles. The summed E-state index contributed by atoms with van der Waals surface area (Å²) in [6, 6.07) is 5.10. The summed E-state index contributed by atoms with van der Waals surface area (Å²) in [6.45, 7) is 0. The Balaban J connectivity index is 2.55. The van der Waals surface area contributed by atoms with E-state index >= 15 is 0 Å². The number of benzene rings is 1. The summed E-state index contributed by atoms with van der Waals surface area (Å²) in [4.78, 5) is 11.0. The molecular formula is C9H7ClN2O. The van der Waals surface area contributed by atoms with Crippen LogP contribution in [0.25, 0.3) is 0 Å². The average Bonchev–Trinajstić information content (AvgIpc) is 2.06. The molecule has 66 valence electrons. The van der Waals surface area contributed by atoms with Gasteiger partial charge in [0, 0.05) is 16.3 Å². The quantitative estimate of drug-likeness (QED) is 0.653. The lowest BCUT2D eigenvalue weighted by atomic mass is 10.0. The van der Waals surface area contributed by atoms with Crippen molar-refractivity contribution in [3.05, 3.63) is 28.8 Å². The zero-order chi connectivity index (χ0) is 9.42. The van der Waals surface area contributed by atoms with Crippen LogP contribution in [0.1, 0.15) is 12.0 Å². The number of amides is 1. The minimum Gasteiger partial charge on any atom is -0.325 e. The summed E-state index contributed by atoms with van der Waals surface area (Å²) in [7, 11) is 0. The largest absolute Gasteiger partial charge is 0.325 e. The molecule has 1 aliphatic heterocycles. The van der Waals surface area contributed by atoms with Crippen molar-refractivity contribution in [3.8, 4) is 0 Å². The SMILES string of the molecule is N=C1CC(=O)Nc2ccc(Cl)cc21. The highest BCUT2D eigenvalue weighted by molar-refractivity contribution is 6.31. The molecule has 4 heteroatoms. The summed E-state index contributed by atoms with van der Waals surface area (Å²) in [5.74, 6) is -0.139. The van der Waals surface area contributed by atoms with Gasteiger partial charge in [0.2, 0.25) is 5.91 Å². The number of hydrogen-bond acceptors (Lipinski definition) is 2. The molecule has 0 radical (unpaired) electrons. The van der Waals surface area contributed by atoms with Crippen LogP contribution in [0.2, 0.25) is 5.02 Å². The second kappa shape index (κ2) is 2.85. The van der Waals surface area contributed by atoms with Gasteiger partial charge in [0.05, 0.1) is 12.1 Å². The fourth-order valence-corrected chi connectivity index (χ4v) is 1.50. The second-order valence-electron chi connectivity index (χ2n) is 2.89. The van der Waals surface area contributed by atoms with Crippen LogP contribution in [0, 0.1) is 5.41 Å². The standard InChI is InChI=1S/C9H7ClN2O/c10-5-1-2-8-6(3-5)7(11)4-9(13)12-8/h1-3,11H,4H2,(H,12,13). The second-order valence-corrected chi connectivity index (χ2v) is 3.33. The Morgan fingerprint density at radius 3 is 3.00 bits per heavy atom. The number of nitrogens with one attached hydrogen (secondary N) is 2. The topological polar surface area (TPSA) is 53.0 Å². The molecule has 1 heterocycles. The summed E-state index contributed by atoms with van der Waals surface area (Å²) in [5.41, 5.74) is 1.71. The number of halogens is 1. The Morgan fingerprint density at radius 2 is 2.23 bits per heavy atom. The predicted molar refractivity (Wildman–Crippen MR) is 51.5 cm³/mol. The molecule has 0 aromatic heterocycles. The molecule has 0 saturated carbocycles.